The maximum absolute atomic E-state index is 12.3. The van der Waals surface area contributed by atoms with Crippen molar-refractivity contribution in [2.75, 3.05) is 11.9 Å². The maximum Gasteiger partial charge on any atom is 0.402 e. The van der Waals surface area contributed by atoms with Gasteiger partial charge in [0.2, 0.25) is 10.0 Å². The quantitative estimate of drug-likeness (QED) is 0.615. The van der Waals surface area contributed by atoms with Crippen LogP contribution < -0.4 is 10.0 Å². The summed E-state index contributed by atoms with van der Waals surface area (Å²) in [5.74, 6) is -0.516. The Labute approximate surface area is 151 Å². The molecule has 1 amide bonds. The second kappa shape index (κ2) is 7.00. The molecule has 0 saturated carbocycles. The first-order valence-electron chi connectivity index (χ1n) is 7.57. The van der Waals surface area contributed by atoms with Crippen molar-refractivity contribution in [2.24, 2.45) is 0 Å². The lowest BCUT2D eigenvalue weighted by molar-refractivity contribution is -0.121. The summed E-state index contributed by atoms with van der Waals surface area (Å²) in [7, 11) is -4.31. The first kappa shape index (κ1) is 18.9. The second-order valence-corrected chi connectivity index (χ2v) is 7.30. The molecule has 1 aromatic heterocycles. The summed E-state index contributed by atoms with van der Waals surface area (Å²) in [4.78, 5) is 12.0. The van der Waals surface area contributed by atoms with Crippen molar-refractivity contribution in [3.63, 3.8) is 0 Å². The molecule has 2 aromatic carbocycles. The van der Waals surface area contributed by atoms with Crippen LogP contribution in [0.4, 0.5) is 18.9 Å². The van der Waals surface area contributed by atoms with E-state index in [2.05, 4.69) is 15.5 Å². The zero-order valence-electron chi connectivity index (χ0n) is 13.5. The number of rotatable bonds is 5. The molecule has 3 aromatic rings. The summed E-state index contributed by atoms with van der Waals surface area (Å²) in [6, 6.07) is 11.7. The smallest absolute Gasteiger partial charge is 0.321 e. The number of hydrogen-bond acceptors (Lipinski definition) is 4. The van der Waals surface area contributed by atoms with E-state index in [-0.39, 0.29) is 16.3 Å². The number of para-hydroxylation sites is 1. The Balaban J connectivity index is 1.73. The van der Waals surface area contributed by atoms with E-state index in [9.17, 15) is 26.4 Å². The summed E-state index contributed by atoms with van der Waals surface area (Å²) < 4.78 is 61.6. The number of H-pyrrole nitrogens is 1. The molecule has 1 heterocycles. The highest BCUT2D eigenvalue weighted by Crippen LogP contribution is 2.19. The van der Waals surface area contributed by atoms with Gasteiger partial charge in [0.1, 0.15) is 6.54 Å². The van der Waals surface area contributed by atoms with Gasteiger partial charge in [-0.05, 0) is 30.3 Å². The van der Waals surface area contributed by atoms with E-state index < -0.39 is 28.7 Å². The number of alkyl halides is 3. The minimum atomic E-state index is -4.66. The van der Waals surface area contributed by atoms with Crippen LogP contribution in [0.2, 0.25) is 0 Å². The van der Waals surface area contributed by atoms with Crippen LogP contribution in [0.15, 0.2) is 53.4 Å². The van der Waals surface area contributed by atoms with Crippen molar-refractivity contribution in [3.8, 4) is 0 Å². The number of nitrogens with zero attached hydrogens (tertiary/aromatic N) is 1. The summed E-state index contributed by atoms with van der Waals surface area (Å²) in [6.45, 7) is -1.67. The average molecular weight is 398 g/mol. The molecule has 142 valence electrons. The summed E-state index contributed by atoms with van der Waals surface area (Å²) in [6.07, 6.45) is -4.66. The molecule has 0 bridgehead atoms. The molecule has 0 aliphatic heterocycles. The number of fused-ring (bicyclic) bond motifs is 1. The van der Waals surface area contributed by atoms with Crippen LogP contribution in [-0.4, -0.2) is 37.2 Å². The lowest BCUT2D eigenvalue weighted by Crippen LogP contribution is -2.33. The number of anilines is 1. The Kier molecular flexibility index (Phi) is 4.89. The van der Waals surface area contributed by atoms with Crippen molar-refractivity contribution >= 4 is 32.5 Å². The Bertz CT molecular complexity index is 1080. The Morgan fingerprint density at radius 3 is 2.41 bits per heavy atom. The third-order valence-corrected chi connectivity index (χ3v) is 4.99. The number of nitrogens with one attached hydrogen (secondary N) is 3. The molecule has 27 heavy (non-hydrogen) atoms. The predicted octanol–water partition coefficient (Wildman–Crippen LogP) is 2.66. The Hall–Kier alpha value is -2.92. The molecular weight excluding hydrogens is 385 g/mol. The molecule has 7 nitrogen and oxygen atoms in total. The van der Waals surface area contributed by atoms with Crippen LogP contribution in [0.25, 0.3) is 10.9 Å². The number of carbonyl (C=O) groups excluding carboxylic acids is 1. The number of hydrogen-bond donors (Lipinski definition) is 3. The maximum atomic E-state index is 12.3. The fourth-order valence-electron chi connectivity index (χ4n) is 2.30. The van der Waals surface area contributed by atoms with Crippen LogP contribution in [0, 0.1) is 0 Å². The van der Waals surface area contributed by atoms with Crippen LogP contribution >= 0.6 is 0 Å². The van der Waals surface area contributed by atoms with Gasteiger partial charge in [-0.3, -0.25) is 9.89 Å². The predicted molar refractivity (Wildman–Crippen MR) is 91.7 cm³/mol. The van der Waals surface area contributed by atoms with Crippen LogP contribution in [0.5, 0.6) is 0 Å². The molecule has 3 rings (SSSR count). The Morgan fingerprint density at radius 2 is 1.74 bits per heavy atom. The molecule has 0 unspecified atom stereocenters. The van der Waals surface area contributed by atoms with E-state index in [4.69, 9.17) is 0 Å². The SMILES string of the molecule is O=C(Nc1ccc(S(=O)(=O)NCC(F)(F)F)cc1)c1n[nH]c2ccccc12. The minimum absolute atomic E-state index is 0.161. The highest BCUT2D eigenvalue weighted by molar-refractivity contribution is 7.89. The van der Waals surface area contributed by atoms with Gasteiger partial charge in [-0.2, -0.15) is 18.3 Å². The molecule has 0 atom stereocenters. The van der Waals surface area contributed by atoms with Gasteiger partial charge >= 0.3 is 6.18 Å². The van der Waals surface area contributed by atoms with Crippen LogP contribution in [-0.2, 0) is 10.0 Å². The lowest BCUT2D eigenvalue weighted by atomic mass is 10.2. The van der Waals surface area contributed by atoms with E-state index in [0.717, 1.165) is 12.1 Å². The van der Waals surface area contributed by atoms with Crippen molar-refractivity contribution in [1.82, 2.24) is 14.9 Å². The molecule has 0 aliphatic rings. The first-order valence-corrected chi connectivity index (χ1v) is 9.05. The van der Waals surface area contributed by atoms with E-state index in [1.807, 2.05) is 0 Å². The zero-order valence-corrected chi connectivity index (χ0v) is 14.4. The van der Waals surface area contributed by atoms with Gasteiger partial charge in [0.05, 0.1) is 10.4 Å². The van der Waals surface area contributed by atoms with Gasteiger partial charge in [0, 0.05) is 11.1 Å². The van der Waals surface area contributed by atoms with Crippen molar-refractivity contribution in [1.29, 1.82) is 0 Å². The first-order chi connectivity index (χ1) is 12.7. The van der Waals surface area contributed by atoms with Crippen molar-refractivity contribution < 1.29 is 26.4 Å². The largest absolute Gasteiger partial charge is 0.402 e. The topological polar surface area (TPSA) is 104 Å². The third kappa shape index (κ3) is 4.44. The van der Waals surface area contributed by atoms with E-state index in [1.54, 1.807) is 24.3 Å². The molecule has 11 heteroatoms. The fourth-order valence-corrected chi connectivity index (χ4v) is 3.32. The van der Waals surface area contributed by atoms with Gasteiger partial charge in [0.15, 0.2) is 5.69 Å². The van der Waals surface area contributed by atoms with Gasteiger partial charge in [-0.25, -0.2) is 13.1 Å². The fraction of sp³-hybridized carbons (Fsp3) is 0.125. The van der Waals surface area contributed by atoms with Crippen LogP contribution in [0.1, 0.15) is 10.5 Å². The van der Waals surface area contributed by atoms with E-state index >= 15 is 0 Å². The molecule has 0 fully saturated rings. The normalized spacial score (nSPS) is 12.3. The van der Waals surface area contributed by atoms with Gasteiger partial charge in [0.25, 0.3) is 5.91 Å². The second-order valence-electron chi connectivity index (χ2n) is 5.54. The van der Waals surface area contributed by atoms with Crippen LogP contribution in [0.3, 0.4) is 0 Å². The number of amides is 1. The number of benzene rings is 2. The number of aromatic nitrogens is 2. The van der Waals surface area contributed by atoms with E-state index in [0.29, 0.717) is 10.9 Å². The molecule has 0 spiro atoms. The molecular formula is C16H13F3N4O3S. The summed E-state index contributed by atoms with van der Waals surface area (Å²) in [5.41, 5.74) is 1.11. The highest BCUT2D eigenvalue weighted by atomic mass is 32.2. The molecule has 3 N–H and O–H groups in total. The molecule has 0 aliphatic carbocycles. The summed E-state index contributed by atoms with van der Waals surface area (Å²) in [5, 5.41) is 9.84. The molecule has 0 saturated heterocycles. The van der Waals surface area contributed by atoms with Gasteiger partial charge in [-0.1, -0.05) is 18.2 Å². The highest BCUT2D eigenvalue weighted by Gasteiger charge is 2.30. The number of sulfonamides is 1. The third-order valence-electron chi connectivity index (χ3n) is 3.57. The Morgan fingerprint density at radius 1 is 1.07 bits per heavy atom. The monoisotopic (exact) mass is 398 g/mol. The number of halogens is 3. The van der Waals surface area contributed by atoms with Crippen molar-refractivity contribution in [2.45, 2.75) is 11.1 Å². The lowest BCUT2D eigenvalue weighted by Gasteiger charge is -2.10. The summed E-state index contributed by atoms with van der Waals surface area (Å²) >= 11 is 0. The minimum Gasteiger partial charge on any atom is -0.321 e. The number of carbonyl (C=O) groups is 1. The van der Waals surface area contributed by atoms with Gasteiger partial charge in [-0.15, -0.1) is 0 Å². The van der Waals surface area contributed by atoms with E-state index in [1.165, 1.54) is 16.9 Å². The van der Waals surface area contributed by atoms with Crippen molar-refractivity contribution in [3.05, 3.63) is 54.2 Å². The zero-order chi connectivity index (χ0) is 19.7. The number of aromatic amines is 1. The average Bonchev–Trinajstić information content (AvgIpc) is 3.04. The van der Waals surface area contributed by atoms with Gasteiger partial charge < -0.3 is 5.32 Å². The molecule has 0 radical (unpaired) electrons. The standard InChI is InChI=1S/C16H13F3N4O3S/c17-16(18,19)9-20-27(25,26)11-7-5-10(6-8-11)21-15(24)14-12-3-1-2-4-13(12)22-23-14/h1-8,20H,9H2,(H,21,24)(H,22,23).